The van der Waals surface area contributed by atoms with E-state index in [2.05, 4.69) is 31.3 Å². The second kappa shape index (κ2) is 12.4. The first-order valence-corrected chi connectivity index (χ1v) is 13.8. The van der Waals surface area contributed by atoms with Crippen LogP contribution in [0.15, 0.2) is 45.8 Å². The minimum Gasteiger partial charge on any atom is -0.495 e. The number of ether oxygens (including phenoxy) is 2. The lowest BCUT2D eigenvalue weighted by Gasteiger charge is -2.22. The molecule has 2 aromatic carbocycles. The molecule has 0 saturated heterocycles. The van der Waals surface area contributed by atoms with Crippen molar-refractivity contribution in [1.82, 2.24) is 5.32 Å². The third-order valence-electron chi connectivity index (χ3n) is 5.61. The number of sulfonamides is 1. The molecule has 0 atom stereocenters. The van der Waals surface area contributed by atoms with Crippen molar-refractivity contribution in [2.45, 2.75) is 56.4 Å². The summed E-state index contributed by atoms with van der Waals surface area (Å²) in [4.78, 5) is 12.3. The number of anilines is 2. The van der Waals surface area contributed by atoms with Gasteiger partial charge in [-0.1, -0.05) is 19.3 Å². The second-order valence-electron chi connectivity index (χ2n) is 8.14. The number of rotatable bonds is 11. The molecule has 1 aliphatic carbocycles. The van der Waals surface area contributed by atoms with Gasteiger partial charge in [0.25, 0.3) is 10.0 Å². The third kappa shape index (κ3) is 7.35. The second-order valence-corrected chi connectivity index (χ2v) is 10.6. The molecule has 10 heteroatoms. The van der Waals surface area contributed by atoms with Crippen LogP contribution >= 0.6 is 15.9 Å². The summed E-state index contributed by atoms with van der Waals surface area (Å²) in [5, 5.41) is 6.22. The molecule has 0 unspecified atom stereocenters. The fourth-order valence-corrected chi connectivity index (χ4v) is 5.67. The molecule has 1 amide bonds. The molecule has 3 N–H and O–H groups in total. The zero-order chi connectivity index (χ0) is 24.6. The van der Waals surface area contributed by atoms with Gasteiger partial charge in [0.05, 0.1) is 23.9 Å². The SMILES string of the molecule is CCOc1ccc(NS(=O)(=O)c2cc(NC(=O)CCNC3CCCCC3)ccc2OC)cc1Br. The summed E-state index contributed by atoms with van der Waals surface area (Å²) in [7, 11) is -2.59. The van der Waals surface area contributed by atoms with Gasteiger partial charge < -0.3 is 20.1 Å². The molecule has 1 fully saturated rings. The Labute approximate surface area is 210 Å². The lowest BCUT2D eigenvalue weighted by molar-refractivity contribution is -0.116. The minimum atomic E-state index is -3.99. The van der Waals surface area contributed by atoms with Crippen LogP contribution in [0.2, 0.25) is 0 Å². The van der Waals surface area contributed by atoms with Crippen molar-refractivity contribution in [2.75, 3.05) is 30.3 Å². The smallest absolute Gasteiger partial charge is 0.265 e. The summed E-state index contributed by atoms with van der Waals surface area (Å²) < 4.78 is 40.2. The Kier molecular flexibility index (Phi) is 9.61. The van der Waals surface area contributed by atoms with Gasteiger partial charge in [0.15, 0.2) is 0 Å². The highest BCUT2D eigenvalue weighted by Gasteiger charge is 2.21. The quantitative estimate of drug-likeness (QED) is 0.365. The van der Waals surface area contributed by atoms with Crippen LogP contribution in [0.5, 0.6) is 11.5 Å². The third-order valence-corrected chi connectivity index (χ3v) is 7.63. The molecule has 0 heterocycles. The fraction of sp³-hybridized carbons (Fsp3) is 0.458. The first-order chi connectivity index (χ1) is 16.3. The number of halogens is 1. The van der Waals surface area contributed by atoms with Crippen LogP contribution in [0.1, 0.15) is 45.4 Å². The van der Waals surface area contributed by atoms with E-state index in [1.807, 2.05) is 6.92 Å². The van der Waals surface area contributed by atoms with Crippen molar-refractivity contribution in [3.05, 3.63) is 40.9 Å². The van der Waals surface area contributed by atoms with E-state index in [1.54, 1.807) is 24.3 Å². The van der Waals surface area contributed by atoms with Gasteiger partial charge in [0, 0.05) is 24.7 Å². The first kappa shape index (κ1) is 26.3. The van der Waals surface area contributed by atoms with E-state index in [0.717, 1.165) is 12.8 Å². The van der Waals surface area contributed by atoms with Gasteiger partial charge in [-0.05, 0) is 72.1 Å². The topological polar surface area (TPSA) is 106 Å². The fourth-order valence-electron chi connectivity index (χ4n) is 3.93. The van der Waals surface area contributed by atoms with Crippen molar-refractivity contribution in [3.63, 3.8) is 0 Å². The van der Waals surface area contributed by atoms with Crippen LogP contribution in [0.4, 0.5) is 11.4 Å². The predicted octanol–water partition coefficient (Wildman–Crippen LogP) is 4.91. The summed E-state index contributed by atoms with van der Waals surface area (Å²) >= 11 is 3.39. The van der Waals surface area contributed by atoms with Crippen molar-refractivity contribution in [2.24, 2.45) is 0 Å². The summed E-state index contributed by atoms with van der Waals surface area (Å²) in [6, 6.07) is 9.95. The minimum absolute atomic E-state index is 0.0712. The lowest BCUT2D eigenvalue weighted by Crippen LogP contribution is -2.33. The molecule has 0 aliphatic heterocycles. The number of amides is 1. The Balaban J connectivity index is 1.67. The molecule has 0 spiro atoms. The van der Waals surface area contributed by atoms with Gasteiger partial charge in [-0.3, -0.25) is 9.52 Å². The van der Waals surface area contributed by atoms with E-state index < -0.39 is 10.0 Å². The van der Waals surface area contributed by atoms with E-state index in [1.165, 1.54) is 38.5 Å². The maximum atomic E-state index is 13.1. The number of benzene rings is 2. The largest absolute Gasteiger partial charge is 0.495 e. The normalized spacial score (nSPS) is 14.4. The molecular formula is C24H32BrN3O5S. The van der Waals surface area contributed by atoms with Crippen molar-refractivity contribution < 1.29 is 22.7 Å². The Morgan fingerprint density at radius 3 is 2.44 bits per heavy atom. The summed E-state index contributed by atoms with van der Waals surface area (Å²) in [6.07, 6.45) is 6.36. The van der Waals surface area contributed by atoms with E-state index in [0.29, 0.717) is 47.2 Å². The standard InChI is InChI=1S/C24H32BrN3O5S/c1-3-33-21-11-10-19(15-20(21)25)28-34(30,31)23-16-18(9-12-22(23)32-2)27-24(29)13-14-26-17-7-5-4-6-8-17/h9-12,15-17,26,28H,3-8,13-14H2,1-2H3,(H,27,29). The maximum Gasteiger partial charge on any atom is 0.265 e. The molecule has 8 nitrogen and oxygen atoms in total. The zero-order valence-corrected chi connectivity index (χ0v) is 21.9. The van der Waals surface area contributed by atoms with Gasteiger partial charge in [-0.25, -0.2) is 8.42 Å². The first-order valence-electron chi connectivity index (χ1n) is 11.5. The average Bonchev–Trinajstić information content (AvgIpc) is 2.81. The Morgan fingerprint density at radius 1 is 1.06 bits per heavy atom. The molecule has 34 heavy (non-hydrogen) atoms. The van der Waals surface area contributed by atoms with Crippen LogP contribution in [0, 0.1) is 0 Å². The van der Waals surface area contributed by atoms with Gasteiger partial charge in [-0.15, -0.1) is 0 Å². The highest BCUT2D eigenvalue weighted by molar-refractivity contribution is 9.10. The molecule has 186 valence electrons. The monoisotopic (exact) mass is 553 g/mol. The molecule has 0 radical (unpaired) electrons. The van der Waals surface area contributed by atoms with Crippen LogP contribution in [0.25, 0.3) is 0 Å². The molecule has 2 aromatic rings. The van der Waals surface area contributed by atoms with E-state index >= 15 is 0 Å². The molecular weight excluding hydrogens is 522 g/mol. The predicted molar refractivity (Wildman–Crippen MR) is 137 cm³/mol. The number of hydrogen-bond acceptors (Lipinski definition) is 6. The van der Waals surface area contributed by atoms with E-state index in [9.17, 15) is 13.2 Å². The number of carbonyl (C=O) groups excluding carboxylic acids is 1. The van der Waals surface area contributed by atoms with Crippen LogP contribution in [0.3, 0.4) is 0 Å². The number of hydrogen-bond donors (Lipinski definition) is 3. The number of methoxy groups -OCH3 is 1. The number of carbonyl (C=O) groups is 1. The molecule has 1 saturated carbocycles. The van der Waals surface area contributed by atoms with Crippen molar-refractivity contribution in [1.29, 1.82) is 0 Å². The van der Waals surface area contributed by atoms with Gasteiger partial charge >= 0.3 is 0 Å². The number of nitrogens with one attached hydrogen (secondary N) is 3. The van der Waals surface area contributed by atoms with Gasteiger partial charge in [-0.2, -0.15) is 0 Å². The summed E-state index contributed by atoms with van der Waals surface area (Å²) in [5.74, 6) is 0.611. The van der Waals surface area contributed by atoms with E-state index in [4.69, 9.17) is 9.47 Å². The summed E-state index contributed by atoms with van der Waals surface area (Å²) in [6.45, 7) is 2.95. The van der Waals surface area contributed by atoms with Crippen LogP contribution in [-0.4, -0.2) is 40.6 Å². The average molecular weight is 555 g/mol. The molecule has 0 bridgehead atoms. The Bertz CT molecular complexity index is 1090. The van der Waals surface area contributed by atoms with Crippen LogP contribution < -0.4 is 24.8 Å². The highest BCUT2D eigenvalue weighted by Crippen LogP contribution is 2.32. The molecule has 0 aromatic heterocycles. The van der Waals surface area contributed by atoms with Crippen LogP contribution in [-0.2, 0) is 14.8 Å². The lowest BCUT2D eigenvalue weighted by atomic mass is 9.95. The summed E-state index contributed by atoms with van der Waals surface area (Å²) in [5.41, 5.74) is 0.748. The Morgan fingerprint density at radius 2 is 1.76 bits per heavy atom. The maximum absolute atomic E-state index is 13.1. The Hall–Kier alpha value is -2.30. The zero-order valence-electron chi connectivity index (χ0n) is 19.5. The highest BCUT2D eigenvalue weighted by atomic mass is 79.9. The van der Waals surface area contributed by atoms with Crippen molar-refractivity contribution >= 4 is 43.2 Å². The van der Waals surface area contributed by atoms with Gasteiger partial charge in [0.1, 0.15) is 16.4 Å². The van der Waals surface area contributed by atoms with Crippen molar-refractivity contribution in [3.8, 4) is 11.5 Å². The molecule has 1 aliphatic rings. The molecule has 3 rings (SSSR count). The van der Waals surface area contributed by atoms with Gasteiger partial charge in [0.2, 0.25) is 5.91 Å². The van der Waals surface area contributed by atoms with E-state index in [-0.39, 0.29) is 16.6 Å².